The van der Waals surface area contributed by atoms with E-state index in [1.54, 1.807) is 35.5 Å². The molecule has 1 saturated heterocycles. The molecule has 47 heavy (non-hydrogen) atoms. The standard InChI is InChI=1S/C34H35ClF3N5O4/c35-25-9-6-22(7-10-25)16-27(41-31(45)30-18-28(44)26-17-24(34(36,37)38)8-11-29(26)47-30)32(46)42-14-12-33(13-15-42,19-43-21-39-20-40-43)23-4-2-1-3-5-23/h6-11,17-18,20-21,23,27H,1-5,12-16,19H2,(H,41,45)/t27-/m1/s1. The molecule has 4 aromatic rings. The van der Waals surface area contributed by atoms with E-state index < -0.39 is 34.9 Å². The predicted octanol–water partition coefficient (Wildman–Crippen LogP) is 6.29. The fourth-order valence-corrected chi connectivity index (χ4v) is 7.30. The topological polar surface area (TPSA) is 110 Å². The lowest BCUT2D eigenvalue weighted by molar-refractivity contribution is -0.138. The van der Waals surface area contributed by atoms with Gasteiger partial charge in [-0.15, -0.1) is 0 Å². The number of likely N-dealkylation sites (tertiary alicyclic amines) is 1. The first kappa shape index (κ1) is 32.7. The van der Waals surface area contributed by atoms with Crippen LogP contribution in [0.3, 0.4) is 0 Å². The van der Waals surface area contributed by atoms with Crippen LogP contribution in [0.1, 0.15) is 66.6 Å². The highest BCUT2D eigenvalue weighted by Gasteiger charge is 2.44. The van der Waals surface area contributed by atoms with Gasteiger partial charge in [0.1, 0.15) is 24.3 Å². The molecule has 0 radical (unpaired) electrons. The van der Waals surface area contributed by atoms with Crippen molar-refractivity contribution in [1.29, 1.82) is 0 Å². The zero-order valence-corrected chi connectivity index (χ0v) is 26.4. The largest absolute Gasteiger partial charge is 0.451 e. The van der Waals surface area contributed by atoms with Gasteiger partial charge in [0.15, 0.2) is 11.2 Å². The van der Waals surface area contributed by atoms with E-state index in [0.717, 1.165) is 56.0 Å². The van der Waals surface area contributed by atoms with E-state index in [9.17, 15) is 27.6 Å². The van der Waals surface area contributed by atoms with Crippen LogP contribution in [-0.2, 0) is 23.9 Å². The first-order valence-electron chi connectivity index (χ1n) is 15.8. The molecule has 1 atom stereocenters. The van der Waals surface area contributed by atoms with Crippen molar-refractivity contribution in [2.75, 3.05) is 13.1 Å². The van der Waals surface area contributed by atoms with Crippen molar-refractivity contribution in [2.24, 2.45) is 11.3 Å². The number of carbonyl (C=O) groups excluding carboxylic acids is 2. The summed E-state index contributed by atoms with van der Waals surface area (Å²) < 4.78 is 47.1. The van der Waals surface area contributed by atoms with Gasteiger partial charge in [0.25, 0.3) is 5.91 Å². The van der Waals surface area contributed by atoms with E-state index in [0.29, 0.717) is 30.1 Å². The Bertz CT molecular complexity index is 1780. The Hall–Kier alpha value is -4.19. The third-order valence-electron chi connectivity index (χ3n) is 9.72. The van der Waals surface area contributed by atoms with E-state index in [-0.39, 0.29) is 28.7 Å². The molecule has 2 aliphatic rings. The van der Waals surface area contributed by atoms with Crippen molar-refractivity contribution in [1.82, 2.24) is 25.0 Å². The number of fused-ring (bicyclic) bond motifs is 1. The Kier molecular flexibility index (Phi) is 9.41. The van der Waals surface area contributed by atoms with Crippen LogP contribution in [0.15, 0.2) is 70.4 Å². The summed E-state index contributed by atoms with van der Waals surface area (Å²) in [5, 5.41) is 7.34. The van der Waals surface area contributed by atoms with Crippen LogP contribution in [0, 0.1) is 11.3 Å². The van der Waals surface area contributed by atoms with Gasteiger partial charge in [0.2, 0.25) is 5.91 Å². The highest BCUT2D eigenvalue weighted by molar-refractivity contribution is 6.30. The average Bonchev–Trinajstić information content (AvgIpc) is 3.58. The maximum absolute atomic E-state index is 14.1. The molecular formula is C34H35ClF3N5O4. The smallest absolute Gasteiger partial charge is 0.416 e. The maximum atomic E-state index is 14.1. The highest BCUT2D eigenvalue weighted by atomic mass is 35.5. The Labute approximate surface area is 274 Å². The summed E-state index contributed by atoms with van der Waals surface area (Å²) in [5.74, 6) is -0.982. The fourth-order valence-electron chi connectivity index (χ4n) is 7.17. The SMILES string of the molecule is O=C(N[C@H](Cc1ccc(Cl)cc1)C(=O)N1CCC(Cn2cncn2)(C2CCCCC2)CC1)c1cc(=O)c2cc(C(F)(F)F)ccc2o1. The van der Waals surface area contributed by atoms with Gasteiger partial charge in [-0.05, 0) is 72.9 Å². The lowest BCUT2D eigenvalue weighted by Crippen LogP contribution is -2.54. The predicted molar refractivity (Wildman–Crippen MR) is 169 cm³/mol. The first-order valence-corrected chi connectivity index (χ1v) is 16.2. The van der Waals surface area contributed by atoms with Crippen molar-refractivity contribution in [3.63, 3.8) is 0 Å². The van der Waals surface area contributed by atoms with Crippen molar-refractivity contribution in [2.45, 2.75) is 70.1 Å². The second kappa shape index (κ2) is 13.5. The minimum Gasteiger partial charge on any atom is -0.451 e. The molecular weight excluding hydrogens is 635 g/mol. The van der Waals surface area contributed by atoms with Gasteiger partial charge in [-0.25, -0.2) is 4.98 Å². The summed E-state index contributed by atoms with van der Waals surface area (Å²) in [5.41, 5.74) is -1.24. The molecule has 0 bridgehead atoms. The molecule has 9 nitrogen and oxygen atoms in total. The Morgan fingerprint density at radius 3 is 2.43 bits per heavy atom. The van der Waals surface area contributed by atoms with Crippen molar-refractivity contribution in [3.8, 4) is 0 Å². The normalized spacial score (nSPS) is 17.8. The average molecular weight is 670 g/mol. The van der Waals surface area contributed by atoms with Gasteiger partial charge in [-0.1, -0.05) is 43.0 Å². The quantitative estimate of drug-likeness (QED) is 0.236. The number of hydrogen-bond donors (Lipinski definition) is 1. The number of hydrogen-bond acceptors (Lipinski definition) is 6. The lowest BCUT2D eigenvalue weighted by Gasteiger charge is -2.48. The van der Waals surface area contributed by atoms with Crippen molar-refractivity contribution >= 4 is 34.4 Å². The molecule has 2 aromatic carbocycles. The molecule has 1 aliphatic heterocycles. The third-order valence-corrected chi connectivity index (χ3v) is 9.97. The van der Waals surface area contributed by atoms with Crippen LogP contribution in [0.5, 0.6) is 0 Å². The molecule has 2 aromatic heterocycles. The van der Waals surface area contributed by atoms with Gasteiger partial charge >= 0.3 is 6.18 Å². The number of benzene rings is 2. The molecule has 2 amide bonds. The molecule has 6 rings (SSSR count). The van der Waals surface area contributed by atoms with Gasteiger partial charge < -0.3 is 14.6 Å². The van der Waals surface area contributed by atoms with Crippen LogP contribution >= 0.6 is 11.6 Å². The van der Waals surface area contributed by atoms with Crippen LogP contribution in [0.25, 0.3) is 11.0 Å². The van der Waals surface area contributed by atoms with Crippen molar-refractivity contribution in [3.05, 3.63) is 93.3 Å². The van der Waals surface area contributed by atoms with E-state index in [1.165, 1.54) is 25.6 Å². The van der Waals surface area contributed by atoms with Gasteiger partial charge in [-0.2, -0.15) is 18.3 Å². The summed E-state index contributed by atoms with van der Waals surface area (Å²) in [6.45, 7) is 1.74. The fraction of sp³-hybridized carbons (Fsp3) is 0.441. The number of aromatic nitrogens is 3. The monoisotopic (exact) mass is 669 g/mol. The zero-order valence-electron chi connectivity index (χ0n) is 25.6. The van der Waals surface area contributed by atoms with Gasteiger partial charge in [-0.3, -0.25) is 19.1 Å². The van der Waals surface area contributed by atoms with E-state index in [2.05, 4.69) is 15.4 Å². The molecule has 2 fully saturated rings. The minimum absolute atomic E-state index is 0.0275. The summed E-state index contributed by atoms with van der Waals surface area (Å²) in [6.07, 6.45) is 6.25. The van der Waals surface area contributed by atoms with Crippen LogP contribution in [0.4, 0.5) is 13.2 Å². The van der Waals surface area contributed by atoms with Crippen molar-refractivity contribution < 1.29 is 27.2 Å². The minimum atomic E-state index is -4.65. The number of amides is 2. The zero-order chi connectivity index (χ0) is 33.2. The highest BCUT2D eigenvalue weighted by Crippen LogP contribution is 2.47. The number of alkyl halides is 3. The number of carbonyl (C=O) groups is 2. The van der Waals surface area contributed by atoms with Crippen LogP contribution in [-0.4, -0.2) is 50.6 Å². The molecule has 13 heteroatoms. The van der Waals surface area contributed by atoms with Crippen LogP contribution in [0.2, 0.25) is 5.02 Å². The molecule has 248 valence electrons. The summed E-state index contributed by atoms with van der Waals surface area (Å²) in [6, 6.07) is 9.27. The molecule has 1 saturated carbocycles. The first-order chi connectivity index (χ1) is 22.5. The second-order valence-electron chi connectivity index (χ2n) is 12.7. The van der Waals surface area contributed by atoms with Crippen LogP contribution < -0.4 is 10.7 Å². The molecule has 0 spiro atoms. The molecule has 1 N–H and O–H groups in total. The summed E-state index contributed by atoms with van der Waals surface area (Å²) >= 11 is 6.08. The number of nitrogens with zero attached hydrogens (tertiary/aromatic N) is 4. The number of nitrogens with one attached hydrogen (secondary N) is 1. The Morgan fingerprint density at radius 1 is 1.04 bits per heavy atom. The molecule has 3 heterocycles. The van der Waals surface area contributed by atoms with Gasteiger partial charge in [0.05, 0.1) is 10.9 Å². The van der Waals surface area contributed by atoms with E-state index in [1.807, 2.05) is 4.68 Å². The van der Waals surface area contributed by atoms with E-state index >= 15 is 0 Å². The Balaban J connectivity index is 1.23. The summed E-state index contributed by atoms with van der Waals surface area (Å²) in [4.78, 5) is 46.3. The Morgan fingerprint density at radius 2 is 1.77 bits per heavy atom. The summed E-state index contributed by atoms with van der Waals surface area (Å²) in [7, 11) is 0. The maximum Gasteiger partial charge on any atom is 0.416 e. The molecule has 0 unspecified atom stereocenters. The third kappa shape index (κ3) is 7.37. The number of halogens is 4. The van der Waals surface area contributed by atoms with E-state index in [4.69, 9.17) is 16.0 Å². The number of rotatable bonds is 8. The lowest BCUT2D eigenvalue weighted by atomic mass is 9.63. The second-order valence-corrected chi connectivity index (χ2v) is 13.1. The number of piperidine rings is 1. The van der Waals surface area contributed by atoms with Gasteiger partial charge in [0, 0.05) is 37.1 Å². The molecule has 1 aliphatic carbocycles.